The molecule has 1 aromatic rings. The van der Waals surface area contributed by atoms with E-state index in [-0.39, 0.29) is 17.6 Å². The number of carboxylic acids is 1. The number of hydrogen-bond acceptors (Lipinski definition) is 4. The molecule has 1 heterocycles. The minimum absolute atomic E-state index is 0.216. The maximum Gasteiger partial charge on any atom is 0.341 e. The van der Waals surface area contributed by atoms with E-state index in [4.69, 9.17) is 9.84 Å². The third-order valence-corrected chi connectivity index (χ3v) is 2.74. The summed E-state index contributed by atoms with van der Waals surface area (Å²) in [4.78, 5) is 35.2. The number of amides is 2. The highest BCUT2D eigenvalue weighted by Gasteiger charge is 2.29. The fraction of sp³-hybridized carbons (Fsp3) is 0.308. The first kappa shape index (κ1) is 13.1. The van der Waals surface area contributed by atoms with Crippen LogP contribution in [0.1, 0.15) is 19.3 Å². The predicted octanol–water partition coefficient (Wildman–Crippen LogP) is 1.19. The average Bonchev–Trinajstić information content (AvgIpc) is 2.37. The van der Waals surface area contributed by atoms with Gasteiger partial charge in [-0.2, -0.15) is 0 Å². The summed E-state index contributed by atoms with van der Waals surface area (Å²) in [6.45, 7) is -0.521. The van der Waals surface area contributed by atoms with Crippen molar-refractivity contribution in [3.8, 4) is 5.75 Å². The Morgan fingerprint density at radius 1 is 1.21 bits per heavy atom. The lowest BCUT2D eigenvalue weighted by atomic mass is 10.1. The quantitative estimate of drug-likeness (QED) is 0.825. The van der Waals surface area contributed by atoms with Crippen LogP contribution in [0.3, 0.4) is 0 Å². The molecule has 0 bridgehead atoms. The Labute approximate surface area is 109 Å². The van der Waals surface area contributed by atoms with Crippen LogP contribution in [0.25, 0.3) is 0 Å². The molecule has 1 aromatic carbocycles. The maximum absolute atomic E-state index is 11.8. The van der Waals surface area contributed by atoms with E-state index in [9.17, 15) is 14.4 Å². The van der Waals surface area contributed by atoms with Gasteiger partial charge in [0.2, 0.25) is 11.8 Å². The number of imide groups is 1. The fourth-order valence-electron chi connectivity index (χ4n) is 1.93. The zero-order valence-corrected chi connectivity index (χ0v) is 10.2. The van der Waals surface area contributed by atoms with Crippen molar-refractivity contribution in [1.29, 1.82) is 0 Å². The maximum atomic E-state index is 11.8. The molecule has 1 N–H and O–H groups in total. The smallest absolute Gasteiger partial charge is 0.341 e. The van der Waals surface area contributed by atoms with Crippen LogP contribution in [0, 0.1) is 0 Å². The normalized spacial score (nSPS) is 15.5. The largest absolute Gasteiger partial charge is 0.480 e. The molecule has 0 aromatic heterocycles. The molecule has 100 valence electrons. The number of aliphatic carboxylic acids is 1. The zero-order valence-electron chi connectivity index (χ0n) is 10.2. The highest BCUT2D eigenvalue weighted by atomic mass is 16.5. The molecule has 6 heteroatoms. The van der Waals surface area contributed by atoms with Crippen LogP contribution in [0.2, 0.25) is 0 Å². The van der Waals surface area contributed by atoms with E-state index in [0.717, 1.165) is 4.90 Å². The first-order valence-electron chi connectivity index (χ1n) is 5.89. The Morgan fingerprint density at radius 3 is 2.47 bits per heavy atom. The van der Waals surface area contributed by atoms with Gasteiger partial charge in [-0.25, -0.2) is 9.69 Å². The van der Waals surface area contributed by atoms with Gasteiger partial charge in [0, 0.05) is 12.8 Å². The molecule has 2 rings (SSSR count). The lowest BCUT2D eigenvalue weighted by Crippen LogP contribution is -2.40. The third kappa shape index (κ3) is 2.90. The minimum atomic E-state index is -1.12. The van der Waals surface area contributed by atoms with Crippen molar-refractivity contribution in [3.63, 3.8) is 0 Å². The Hall–Kier alpha value is -2.37. The zero-order chi connectivity index (χ0) is 13.8. The van der Waals surface area contributed by atoms with E-state index in [1.807, 2.05) is 0 Å². The van der Waals surface area contributed by atoms with Gasteiger partial charge in [-0.1, -0.05) is 12.1 Å². The summed E-state index contributed by atoms with van der Waals surface area (Å²) in [7, 11) is 0. The number of rotatable bonds is 4. The number of carboxylic acid groups (broad SMARTS) is 1. The van der Waals surface area contributed by atoms with Gasteiger partial charge in [-0.05, 0) is 18.6 Å². The molecule has 0 radical (unpaired) electrons. The van der Waals surface area contributed by atoms with E-state index in [0.29, 0.717) is 24.9 Å². The second-order valence-corrected chi connectivity index (χ2v) is 4.13. The first-order valence-corrected chi connectivity index (χ1v) is 5.89. The molecule has 19 heavy (non-hydrogen) atoms. The molecule has 0 aliphatic carbocycles. The van der Waals surface area contributed by atoms with E-state index < -0.39 is 12.6 Å². The summed E-state index contributed by atoms with van der Waals surface area (Å²) >= 11 is 0. The minimum Gasteiger partial charge on any atom is -0.480 e. The van der Waals surface area contributed by atoms with Crippen LogP contribution in [0.5, 0.6) is 5.75 Å². The number of benzene rings is 1. The van der Waals surface area contributed by atoms with E-state index in [2.05, 4.69) is 0 Å². The van der Waals surface area contributed by atoms with E-state index >= 15 is 0 Å². The number of piperidine rings is 1. The topological polar surface area (TPSA) is 83.9 Å². The number of hydrogen-bond donors (Lipinski definition) is 1. The molecule has 1 aliphatic rings. The predicted molar refractivity (Wildman–Crippen MR) is 65.9 cm³/mol. The number of carbonyl (C=O) groups excluding carboxylic acids is 2. The molecular formula is C13H13NO5. The molecule has 1 saturated heterocycles. The third-order valence-electron chi connectivity index (χ3n) is 2.74. The van der Waals surface area contributed by atoms with Crippen LogP contribution in [0.4, 0.5) is 5.69 Å². The van der Waals surface area contributed by atoms with Gasteiger partial charge in [0.25, 0.3) is 0 Å². The summed E-state index contributed by atoms with van der Waals surface area (Å²) in [6.07, 6.45) is 1.16. The monoisotopic (exact) mass is 263 g/mol. The van der Waals surface area contributed by atoms with Gasteiger partial charge < -0.3 is 9.84 Å². The molecule has 1 aliphatic heterocycles. The van der Waals surface area contributed by atoms with Crippen molar-refractivity contribution in [2.75, 3.05) is 11.5 Å². The second-order valence-electron chi connectivity index (χ2n) is 4.13. The molecule has 2 amide bonds. The summed E-state index contributed by atoms with van der Waals surface area (Å²) in [5.41, 5.74) is 0.304. The van der Waals surface area contributed by atoms with Crippen LogP contribution in [0.15, 0.2) is 24.3 Å². The Morgan fingerprint density at radius 2 is 1.84 bits per heavy atom. The van der Waals surface area contributed by atoms with Gasteiger partial charge in [-0.3, -0.25) is 9.59 Å². The Balaban J connectivity index is 2.30. The highest BCUT2D eigenvalue weighted by Crippen LogP contribution is 2.31. The molecular weight excluding hydrogens is 250 g/mol. The Kier molecular flexibility index (Phi) is 3.79. The number of anilines is 1. The van der Waals surface area contributed by atoms with Crippen molar-refractivity contribution in [1.82, 2.24) is 0 Å². The van der Waals surface area contributed by atoms with Crippen molar-refractivity contribution in [2.45, 2.75) is 19.3 Å². The van der Waals surface area contributed by atoms with Gasteiger partial charge in [0.05, 0.1) is 5.69 Å². The second kappa shape index (κ2) is 5.51. The Bertz CT molecular complexity index is 510. The number of ether oxygens (including phenoxy) is 1. The lowest BCUT2D eigenvalue weighted by Gasteiger charge is -2.26. The number of nitrogens with zero attached hydrogens (tertiary/aromatic N) is 1. The van der Waals surface area contributed by atoms with Crippen molar-refractivity contribution >= 4 is 23.5 Å². The first-order chi connectivity index (χ1) is 9.09. The molecule has 0 unspecified atom stereocenters. The van der Waals surface area contributed by atoms with Gasteiger partial charge in [0.15, 0.2) is 6.61 Å². The van der Waals surface area contributed by atoms with Crippen LogP contribution in [-0.4, -0.2) is 29.5 Å². The van der Waals surface area contributed by atoms with Crippen LogP contribution < -0.4 is 9.64 Å². The molecule has 0 spiro atoms. The van der Waals surface area contributed by atoms with Crippen molar-refractivity contribution < 1.29 is 24.2 Å². The van der Waals surface area contributed by atoms with Crippen molar-refractivity contribution in [2.24, 2.45) is 0 Å². The summed E-state index contributed by atoms with van der Waals surface area (Å²) in [5, 5.41) is 8.61. The number of para-hydroxylation sites is 2. The van der Waals surface area contributed by atoms with Gasteiger partial charge in [-0.15, -0.1) is 0 Å². The molecule has 0 saturated carbocycles. The van der Waals surface area contributed by atoms with E-state index in [1.54, 1.807) is 18.2 Å². The highest BCUT2D eigenvalue weighted by molar-refractivity contribution is 6.17. The molecule has 1 fully saturated rings. The van der Waals surface area contributed by atoms with Gasteiger partial charge >= 0.3 is 5.97 Å². The fourth-order valence-corrected chi connectivity index (χ4v) is 1.93. The number of carbonyl (C=O) groups is 3. The lowest BCUT2D eigenvalue weighted by molar-refractivity contribution is -0.139. The summed E-state index contributed by atoms with van der Waals surface area (Å²) < 4.78 is 5.10. The SMILES string of the molecule is O=C(O)COc1ccccc1N1C(=O)CCCC1=O. The average molecular weight is 263 g/mol. The van der Waals surface area contributed by atoms with Crippen molar-refractivity contribution in [3.05, 3.63) is 24.3 Å². The standard InChI is InChI=1S/C13H13NO5/c15-11-6-3-7-12(16)14(11)9-4-1-2-5-10(9)19-8-13(17)18/h1-2,4-5H,3,6-8H2,(H,17,18). The molecule has 6 nitrogen and oxygen atoms in total. The summed E-state index contributed by atoms with van der Waals surface area (Å²) in [6, 6.07) is 6.42. The van der Waals surface area contributed by atoms with Gasteiger partial charge in [0.1, 0.15) is 5.75 Å². The van der Waals surface area contributed by atoms with Crippen LogP contribution >= 0.6 is 0 Å². The van der Waals surface area contributed by atoms with E-state index in [1.165, 1.54) is 6.07 Å². The summed E-state index contributed by atoms with van der Waals surface area (Å²) in [5.74, 6) is -1.48. The molecule has 0 atom stereocenters. The van der Waals surface area contributed by atoms with Crippen LogP contribution in [-0.2, 0) is 14.4 Å².